The van der Waals surface area contributed by atoms with Crippen LogP contribution in [-0.4, -0.2) is 14.4 Å². The smallest absolute Gasteiger partial charge is 0.264 e. The lowest BCUT2D eigenvalue weighted by Crippen LogP contribution is -2.36. The van der Waals surface area contributed by atoms with Gasteiger partial charge in [-0.05, 0) is 70.3 Å². The Bertz CT molecular complexity index is 1420. The monoisotopic (exact) mass is 509 g/mol. The van der Waals surface area contributed by atoms with Crippen LogP contribution in [0, 0.1) is 0 Å². The molecule has 3 N–H and O–H groups in total. The molecule has 0 aliphatic carbocycles. The van der Waals surface area contributed by atoms with Crippen molar-refractivity contribution in [2.75, 3.05) is 0 Å². The summed E-state index contributed by atoms with van der Waals surface area (Å²) in [6.07, 6.45) is 0. The maximum absolute atomic E-state index is 12.5. The van der Waals surface area contributed by atoms with Crippen molar-refractivity contribution in [1.82, 2.24) is 4.72 Å². The average molecular weight is 510 g/mol. The van der Waals surface area contributed by atoms with Crippen molar-refractivity contribution in [3.05, 3.63) is 113 Å². The molecule has 4 aromatic rings. The van der Waals surface area contributed by atoms with Gasteiger partial charge in [0.1, 0.15) is 0 Å². The third-order valence-electron chi connectivity index (χ3n) is 5.12. The topological polar surface area (TPSA) is 84.5 Å². The summed E-state index contributed by atoms with van der Waals surface area (Å²) >= 11 is 12.1. The summed E-state index contributed by atoms with van der Waals surface area (Å²) in [5.74, 6) is -0.182. The SMILES string of the molecule is NC(=NCc1ccc(-c2ccc(Cl)cc2)c(-c2ccc(Cl)cc2)c1)NS(=O)(=O)c1ccccc1. The highest BCUT2D eigenvalue weighted by Crippen LogP contribution is 2.34. The van der Waals surface area contributed by atoms with Gasteiger partial charge in [-0.25, -0.2) is 18.1 Å². The fourth-order valence-corrected chi connectivity index (χ4v) is 4.67. The van der Waals surface area contributed by atoms with Crippen molar-refractivity contribution in [3.8, 4) is 22.3 Å². The number of nitrogens with one attached hydrogen (secondary N) is 1. The summed E-state index contributed by atoms with van der Waals surface area (Å²) in [7, 11) is -3.79. The van der Waals surface area contributed by atoms with Crippen molar-refractivity contribution >= 4 is 39.2 Å². The second-order valence-electron chi connectivity index (χ2n) is 7.51. The molecule has 0 heterocycles. The van der Waals surface area contributed by atoms with E-state index in [0.717, 1.165) is 27.8 Å². The normalized spacial score (nSPS) is 11.9. The van der Waals surface area contributed by atoms with Crippen molar-refractivity contribution in [2.45, 2.75) is 11.4 Å². The first-order chi connectivity index (χ1) is 16.3. The van der Waals surface area contributed by atoms with Gasteiger partial charge < -0.3 is 5.73 Å². The van der Waals surface area contributed by atoms with Gasteiger partial charge in [-0.2, -0.15) is 0 Å². The van der Waals surface area contributed by atoms with Crippen LogP contribution < -0.4 is 10.5 Å². The molecule has 8 heteroatoms. The van der Waals surface area contributed by atoms with Crippen LogP contribution in [0.1, 0.15) is 5.56 Å². The Hall–Kier alpha value is -3.32. The molecule has 4 rings (SSSR count). The zero-order valence-electron chi connectivity index (χ0n) is 17.9. The lowest BCUT2D eigenvalue weighted by Gasteiger charge is -2.13. The largest absolute Gasteiger partial charge is 0.369 e. The van der Waals surface area contributed by atoms with Gasteiger partial charge in [-0.15, -0.1) is 0 Å². The fraction of sp³-hybridized carbons (Fsp3) is 0.0385. The molecule has 5 nitrogen and oxygen atoms in total. The zero-order chi connectivity index (χ0) is 24.1. The van der Waals surface area contributed by atoms with E-state index in [4.69, 9.17) is 28.9 Å². The van der Waals surface area contributed by atoms with Crippen LogP contribution in [0.15, 0.2) is 107 Å². The Morgan fingerprint density at radius 1 is 0.765 bits per heavy atom. The Morgan fingerprint density at radius 3 is 1.91 bits per heavy atom. The summed E-state index contributed by atoms with van der Waals surface area (Å²) in [6.45, 7) is 0.199. The maximum atomic E-state index is 12.5. The predicted octanol–water partition coefficient (Wildman–Crippen LogP) is 6.12. The molecule has 0 aliphatic heterocycles. The number of nitrogens with two attached hydrogens (primary N) is 1. The van der Waals surface area contributed by atoms with E-state index in [9.17, 15) is 8.42 Å². The van der Waals surface area contributed by atoms with Gasteiger partial charge >= 0.3 is 0 Å². The van der Waals surface area contributed by atoms with Crippen LogP contribution in [-0.2, 0) is 16.6 Å². The third-order valence-corrected chi connectivity index (χ3v) is 6.99. The fourth-order valence-electron chi connectivity index (χ4n) is 3.44. The Labute approximate surface area is 208 Å². The summed E-state index contributed by atoms with van der Waals surface area (Å²) in [5.41, 5.74) is 10.7. The van der Waals surface area contributed by atoms with Crippen molar-refractivity contribution < 1.29 is 8.42 Å². The van der Waals surface area contributed by atoms with Crippen LogP contribution in [0.25, 0.3) is 22.3 Å². The highest BCUT2D eigenvalue weighted by molar-refractivity contribution is 7.90. The molecule has 0 spiro atoms. The van der Waals surface area contributed by atoms with E-state index in [1.54, 1.807) is 18.2 Å². The number of halogens is 2. The number of benzene rings is 4. The van der Waals surface area contributed by atoms with Crippen molar-refractivity contribution in [3.63, 3.8) is 0 Å². The molecule has 0 radical (unpaired) electrons. The lowest BCUT2D eigenvalue weighted by molar-refractivity contribution is 0.592. The molecule has 172 valence electrons. The number of hydrogen-bond donors (Lipinski definition) is 2. The van der Waals surface area contributed by atoms with Gasteiger partial charge in [0.15, 0.2) is 0 Å². The van der Waals surface area contributed by atoms with Gasteiger partial charge in [0.2, 0.25) is 5.96 Å². The molecular weight excluding hydrogens is 489 g/mol. The third kappa shape index (κ3) is 5.78. The molecule has 4 aromatic carbocycles. The van der Waals surface area contributed by atoms with E-state index >= 15 is 0 Å². The molecule has 0 amide bonds. The number of guanidine groups is 1. The van der Waals surface area contributed by atoms with Crippen LogP contribution in [0.2, 0.25) is 10.0 Å². The minimum atomic E-state index is -3.79. The summed E-state index contributed by atoms with van der Waals surface area (Å²) in [4.78, 5) is 4.35. The standard InChI is InChI=1S/C26H21Cl2N3O2S/c27-21-11-7-19(8-12-21)24-15-6-18(16-25(24)20-9-13-22(28)14-10-20)17-30-26(29)31-34(32,33)23-4-2-1-3-5-23/h1-16H,17H2,(H3,29,30,31). The minimum Gasteiger partial charge on any atom is -0.369 e. The van der Waals surface area contributed by atoms with Crippen LogP contribution in [0.5, 0.6) is 0 Å². The van der Waals surface area contributed by atoms with Crippen LogP contribution in [0.4, 0.5) is 0 Å². The van der Waals surface area contributed by atoms with Gasteiger partial charge in [-0.3, -0.25) is 0 Å². The summed E-state index contributed by atoms with van der Waals surface area (Å²) < 4.78 is 27.2. The van der Waals surface area contributed by atoms with E-state index in [-0.39, 0.29) is 17.4 Å². The van der Waals surface area contributed by atoms with Crippen molar-refractivity contribution in [1.29, 1.82) is 0 Å². The minimum absolute atomic E-state index is 0.116. The average Bonchev–Trinajstić information content (AvgIpc) is 2.84. The van der Waals surface area contributed by atoms with Gasteiger partial charge in [0, 0.05) is 10.0 Å². The van der Waals surface area contributed by atoms with E-state index < -0.39 is 10.0 Å². The molecule has 0 atom stereocenters. The van der Waals surface area contributed by atoms with Gasteiger partial charge in [-0.1, -0.05) is 77.8 Å². The number of sulfonamides is 1. The Balaban J connectivity index is 1.63. The van der Waals surface area contributed by atoms with E-state index in [1.807, 2.05) is 66.7 Å². The molecule has 34 heavy (non-hydrogen) atoms. The molecule has 0 aliphatic rings. The van der Waals surface area contributed by atoms with Crippen molar-refractivity contribution in [2.24, 2.45) is 10.7 Å². The van der Waals surface area contributed by atoms with E-state index in [2.05, 4.69) is 9.71 Å². The molecule has 0 saturated carbocycles. The van der Waals surface area contributed by atoms with Crippen LogP contribution in [0.3, 0.4) is 0 Å². The molecule has 0 unspecified atom stereocenters. The molecular formula is C26H21Cl2N3O2S. The van der Waals surface area contributed by atoms with Gasteiger partial charge in [0.05, 0.1) is 11.4 Å². The quantitative estimate of drug-likeness (QED) is 0.242. The summed E-state index contributed by atoms with van der Waals surface area (Å²) in [6, 6.07) is 29.1. The highest BCUT2D eigenvalue weighted by Gasteiger charge is 2.14. The molecule has 0 fully saturated rings. The Morgan fingerprint density at radius 2 is 1.32 bits per heavy atom. The zero-order valence-corrected chi connectivity index (χ0v) is 20.3. The number of nitrogens with zero attached hydrogens (tertiary/aromatic N) is 1. The first-order valence-corrected chi connectivity index (χ1v) is 12.6. The number of aliphatic imine (C=N–C) groups is 1. The number of rotatable bonds is 6. The first-order valence-electron chi connectivity index (χ1n) is 10.3. The van der Waals surface area contributed by atoms with Crippen LogP contribution >= 0.6 is 23.2 Å². The second kappa shape index (κ2) is 10.3. The molecule has 0 saturated heterocycles. The number of hydrogen-bond acceptors (Lipinski definition) is 3. The molecule has 0 bridgehead atoms. The Kier molecular flexibility index (Phi) is 7.22. The maximum Gasteiger partial charge on any atom is 0.264 e. The van der Waals surface area contributed by atoms with Gasteiger partial charge in [0.25, 0.3) is 10.0 Å². The summed E-state index contributed by atoms with van der Waals surface area (Å²) in [5, 5.41) is 1.31. The van der Waals surface area contributed by atoms with E-state index in [1.165, 1.54) is 12.1 Å². The lowest BCUT2D eigenvalue weighted by atomic mass is 9.93. The second-order valence-corrected chi connectivity index (χ2v) is 10.1. The highest BCUT2D eigenvalue weighted by atomic mass is 35.5. The predicted molar refractivity (Wildman–Crippen MR) is 139 cm³/mol. The first kappa shape index (κ1) is 23.8. The molecule has 0 aromatic heterocycles. The van der Waals surface area contributed by atoms with E-state index in [0.29, 0.717) is 10.0 Å².